The number of carbonyl (C=O) groups is 1. The molecule has 5 heteroatoms. The van der Waals surface area contributed by atoms with Crippen LogP contribution in [0.15, 0.2) is 30.5 Å². The van der Waals surface area contributed by atoms with Crippen molar-refractivity contribution < 1.29 is 9.90 Å². The Morgan fingerprint density at radius 2 is 2.11 bits per heavy atom. The summed E-state index contributed by atoms with van der Waals surface area (Å²) in [5.74, 6) is -0.677. The summed E-state index contributed by atoms with van der Waals surface area (Å²) in [4.78, 5) is 10.9. The molecule has 3 N–H and O–H groups in total. The van der Waals surface area contributed by atoms with E-state index in [4.69, 9.17) is 10.8 Å². The zero-order valence-electron chi connectivity index (χ0n) is 10.3. The van der Waals surface area contributed by atoms with Crippen molar-refractivity contribution in [1.29, 1.82) is 0 Å². The SMILES string of the molecule is CC(C)c1ccn(-c2ccc(C(=O)O)c(N)c2)n1. The first kappa shape index (κ1) is 12.2. The van der Waals surface area contributed by atoms with Crippen molar-refractivity contribution in [2.45, 2.75) is 19.8 Å². The topological polar surface area (TPSA) is 81.1 Å². The van der Waals surface area contributed by atoms with Gasteiger partial charge >= 0.3 is 5.97 Å². The highest BCUT2D eigenvalue weighted by atomic mass is 16.4. The van der Waals surface area contributed by atoms with Gasteiger partial charge in [0.15, 0.2) is 0 Å². The third-order valence-corrected chi connectivity index (χ3v) is 2.73. The van der Waals surface area contributed by atoms with Crippen LogP contribution < -0.4 is 5.73 Å². The Balaban J connectivity index is 2.39. The first-order valence-corrected chi connectivity index (χ1v) is 5.68. The molecule has 1 heterocycles. The molecule has 94 valence electrons. The van der Waals surface area contributed by atoms with Crippen LogP contribution in [0.3, 0.4) is 0 Å². The van der Waals surface area contributed by atoms with Crippen molar-refractivity contribution in [1.82, 2.24) is 9.78 Å². The largest absolute Gasteiger partial charge is 0.478 e. The van der Waals surface area contributed by atoms with Crippen LogP contribution in [-0.2, 0) is 0 Å². The molecule has 0 bridgehead atoms. The maximum Gasteiger partial charge on any atom is 0.337 e. The van der Waals surface area contributed by atoms with Gasteiger partial charge in [-0.25, -0.2) is 9.48 Å². The summed E-state index contributed by atoms with van der Waals surface area (Å²) >= 11 is 0. The highest BCUT2D eigenvalue weighted by Crippen LogP contribution is 2.19. The minimum Gasteiger partial charge on any atom is -0.478 e. The fourth-order valence-corrected chi connectivity index (χ4v) is 1.68. The number of aromatic nitrogens is 2. The van der Waals surface area contributed by atoms with Crippen molar-refractivity contribution in [3.05, 3.63) is 41.7 Å². The molecule has 0 aliphatic carbocycles. The van der Waals surface area contributed by atoms with Crippen LogP contribution in [0.5, 0.6) is 0 Å². The molecule has 0 fully saturated rings. The summed E-state index contributed by atoms with van der Waals surface area (Å²) in [6, 6.07) is 6.73. The Bertz CT molecular complexity index is 588. The van der Waals surface area contributed by atoms with Crippen LogP contribution in [0.2, 0.25) is 0 Å². The van der Waals surface area contributed by atoms with Crippen LogP contribution in [0, 0.1) is 0 Å². The molecule has 0 atom stereocenters. The highest BCUT2D eigenvalue weighted by Gasteiger charge is 2.10. The van der Waals surface area contributed by atoms with Gasteiger partial charge in [0, 0.05) is 11.9 Å². The van der Waals surface area contributed by atoms with Crippen LogP contribution >= 0.6 is 0 Å². The molecule has 0 aliphatic heterocycles. The van der Waals surface area contributed by atoms with E-state index in [1.165, 1.54) is 6.07 Å². The van der Waals surface area contributed by atoms with Crippen LogP contribution in [0.25, 0.3) is 5.69 Å². The second-order valence-electron chi connectivity index (χ2n) is 4.42. The first-order valence-electron chi connectivity index (χ1n) is 5.68. The number of nitrogens with two attached hydrogens (primary N) is 1. The second-order valence-corrected chi connectivity index (χ2v) is 4.42. The van der Waals surface area contributed by atoms with Gasteiger partial charge in [-0.3, -0.25) is 0 Å². The monoisotopic (exact) mass is 245 g/mol. The van der Waals surface area contributed by atoms with Crippen molar-refractivity contribution >= 4 is 11.7 Å². The molecule has 0 amide bonds. The van der Waals surface area contributed by atoms with Gasteiger partial charge < -0.3 is 10.8 Å². The number of carboxylic acid groups (broad SMARTS) is 1. The number of anilines is 1. The Labute approximate surface area is 105 Å². The lowest BCUT2D eigenvalue weighted by atomic mass is 10.1. The van der Waals surface area contributed by atoms with Crippen molar-refractivity contribution in [2.75, 3.05) is 5.73 Å². The number of carboxylic acids is 1. The summed E-state index contributed by atoms with van der Waals surface area (Å²) < 4.78 is 1.69. The maximum absolute atomic E-state index is 10.9. The fourth-order valence-electron chi connectivity index (χ4n) is 1.68. The standard InChI is InChI=1S/C13H15N3O2/c1-8(2)12-5-6-16(15-12)9-3-4-10(13(17)18)11(14)7-9/h3-8H,14H2,1-2H3,(H,17,18). The quantitative estimate of drug-likeness (QED) is 0.813. The van der Waals surface area contributed by atoms with E-state index in [0.717, 1.165) is 11.4 Å². The molecule has 18 heavy (non-hydrogen) atoms. The first-order chi connectivity index (χ1) is 8.49. The lowest BCUT2D eigenvalue weighted by Gasteiger charge is -2.05. The number of benzene rings is 1. The predicted molar refractivity (Wildman–Crippen MR) is 69.0 cm³/mol. The summed E-state index contributed by atoms with van der Waals surface area (Å²) in [5.41, 5.74) is 7.78. The van der Waals surface area contributed by atoms with Gasteiger partial charge in [0.2, 0.25) is 0 Å². The van der Waals surface area contributed by atoms with Gasteiger partial charge in [-0.2, -0.15) is 5.10 Å². The average molecular weight is 245 g/mol. The Morgan fingerprint density at radius 3 is 2.61 bits per heavy atom. The number of hydrogen-bond donors (Lipinski definition) is 2. The number of aromatic carboxylic acids is 1. The van der Waals surface area contributed by atoms with E-state index < -0.39 is 5.97 Å². The molecule has 0 radical (unpaired) electrons. The van der Waals surface area contributed by atoms with Gasteiger partial charge in [-0.15, -0.1) is 0 Å². The van der Waals surface area contributed by atoms with Crippen molar-refractivity contribution in [3.8, 4) is 5.69 Å². The molecule has 5 nitrogen and oxygen atoms in total. The minimum absolute atomic E-state index is 0.106. The minimum atomic E-state index is -1.03. The van der Waals surface area contributed by atoms with Crippen LogP contribution in [-0.4, -0.2) is 20.9 Å². The van der Waals surface area contributed by atoms with E-state index >= 15 is 0 Å². The number of rotatable bonds is 3. The van der Waals surface area contributed by atoms with Gasteiger partial charge in [0.05, 0.1) is 16.9 Å². The number of nitrogens with zero attached hydrogens (tertiary/aromatic N) is 2. The predicted octanol–water partition coefficient (Wildman–Crippen LogP) is 2.28. The molecular formula is C13H15N3O2. The van der Waals surface area contributed by atoms with E-state index in [1.807, 2.05) is 12.3 Å². The summed E-state index contributed by atoms with van der Waals surface area (Å²) in [6.07, 6.45) is 1.84. The number of hydrogen-bond acceptors (Lipinski definition) is 3. The second kappa shape index (κ2) is 4.52. The third kappa shape index (κ3) is 2.20. The molecule has 1 aromatic carbocycles. The Morgan fingerprint density at radius 1 is 1.39 bits per heavy atom. The van der Waals surface area contributed by atoms with Crippen molar-refractivity contribution in [2.24, 2.45) is 0 Å². The molecule has 0 saturated heterocycles. The lowest BCUT2D eigenvalue weighted by molar-refractivity contribution is 0.0698. The van der Waals surface area contributed by atoms with Crippen LogP contribution in [0.4, 0.5) is 5.69 Å². The molecule has 0 unspecified atom stereocenters. The third-order valence-electron chi connectivity index (χ3n) is 2.73. The van der Waals surface area contributed by atoms with Gasteiger partial charge in [0.1, 0.15) is 0 Å². The van der Waals surface area contributed by atoms with E-state index in [0.29, 0.717) is 5.92 Å². The van der Waals surface area contributed by atoms with Crippen LogP contribution in [0.1, 0.15) is 35.8 Å². The maximum atomic E-state index is 10.9. The van der Waals surface area contributed by atoms with E-state index in [1.54, 1.807) is 16.8 Å². The molecule has 0 saturated carbocycles. The number of nitrogen functional groups attached to an aromatic ring is 1. The zero-order valence-corrected chi connectivity index (χ0v) is 10.3. The summed E-state index contributed by atoms with van der Waals surface area (Å²) in [5, 5.41) is 13.3. The molecule has 0 aliphatic rings. The van der Waals surface area contributed by atoms with Gasteiger partial charge in [-0.1, -0.05) is 13.8 Å². The molecule has 2 aromatic rings. The van der Waals surface area contributed by atoms with Crippen molar-refractivity contribution in [3.63, 3.8) is 0 Å². The summed E-state index contributed by atoms with van der Waals surface area (Å²) in [6.45, 7) is 4.13. The summed E-state index contributed by atoms with van der Waals surface area (Å²) in [7, 11) is 0. The van der Waals surface area contributed by atoms with Gasteiger partial charge in [-0.05, 0) is 30.2 Å². The normalized spacial score (nSPS) is 10.8. The smallest absolute Gasteiger partial charge is 0.337 e. The Hall–Kier alpha value is -2.30. The fraction of sp³-hybridized carbons (Fsp3) is 0.231. The van der Waals surface area contributed by atoms with Gasteiger partial charge in [0.25, 0.3) is 0 Å². The van der Waals surface area contributed by atoms with E-state index in [9.17, 15) is 4.79 Å². The molecule has 2 rings (SSSR count). The lowest BCUT2D eigenvalue weighted by Crippen LogP contribution is -2.04. The van der Waals surface area contributed by atoms with E-state index in [2.05, 4.69) is 18.9 Å². The Kier molecular flexibility index (Phi) is 3.06. The molecular weight excluding hydrogens is 230 g/mol. The zero-order chi connectivity index (χ0) is 13.3. The average Bonchev–Trinajstić information content (AvgIpc) is 2.77. The molecule has 0 spiro atoms. The van der Waals surface area contributed by atoms with E-state index in [-0.39, 0.29) is 11.3 Å². The highest BCUT2D eigenvalue weighted by molar-refractivity contribution is 5.94. The molecule has 1 aromatic heterocycles.